The van der Waals surface area contributed by atoms with Crippen LogP contribution in [0.5, 0.6) is 40.2 Å². The number of ether oxygens (including phenoxy) is 7. The van der Waals surface area contributed by atoms with Gasteiger partial charge < -0.3 is 42.9 Å². The van der Waals surface area contributed by atoms with E-state index >= 15 is 0 Å². The number of carbonyl (C=O) groups excluding carboxylic acids is 1. The molecule has 14 nitrogen and oxygen atoms in total. The highest BCUT2D eigenvalue weighted by Gasteiger charge is 2.38. The Morgan fingerprint density at radius 2 is 1.48 bits per heavy atom. The van der Waals surface area contributed by atoms with Crippen LogP contribution in [0, 0.1) is 10.1 Å². The molecule has 0 aromatic heterocycles. The fourth-order valence-corrected chi connectivity index (χ4v) is 9.64. The highest BCUT2D eigenvalue weighted by molar-refractivity contribution is 8.17. The predicted molar refractivity (Wildman–Crippen MR) is 218 cm³/mol. The number of amides is 1. The van der Waals surface area contributed by atoms with Crippen molar-refractivity contribution in [3.63, 3.8) is 0 Å². The van der Waals surface area contributed by atoms with Gasteiger partial charge in [-0.1, -0.05) is 25.1 Å². The first-order chi connectivity index (χ1) is 27.2. The van der Waals surface area contributed by atoms with Gasteiger partial charge in [-0.3, -0.25) is 14.9 Å². The maximum absolute atomic E-state index is 13.9. The number of hydrogen-bond donors (Lipinski definition) is 0. The summed E-state index contributed by atoms with van der Waals surface area (Å²) < 4.78 is 39.9. The first kappa shape index (κ1) is 42.4. The third-order valence-electron chi connectivity index (χ3n) is 9.53. The van der Waals surface area contributed by atoms with Crippen molar-refractivity contribution in [2.45, 2.75) is 62.7 Å². The minimum Gasteiger partial charge on any atom is -0.493 e. The molecular formula is C40H51N3O11S2. The summed E-state index contributed by atoms with van der Waals surface area (Å²) in [4.78, 5) is 33.2. The monoisotopic (exact) mass is 813 g/mol. The number of thioether (sulfide) groups is 2. The van der Waals surface area contributed by atoms with Crippen molar-refractivity contribution < 1.29 is 47.7 Å². The van der Waals surface area contributed by atoms with Crippen LogP contribution in [-0.4, -0.2) is 98.9 Å². The van der Waals surface area contributed by atoms with E-state index in [1.807, 2.05) is 53.9 Å². The van der Waals surface area contributed by atoms with Crippen molar-refractivity contribution >= 4 is 40.8 Å². The molecule has 1 unspecified atom stereocenters. The average molecular weight is 814 g/mol. The van der Waals surface area contributed by atoms with E-state index < -0.39 is 4.92 Å². The molecule has 3 aromatic carbocycles. The number of methoxy groups -OCH3 is 5. The van der Waals surface area contributed by atoms with Crippen LogP contribution in [0.15, 0.2) is 47.6 Å². The van der Waals surface area contributed by atoms with Gasteiger partial charge in [0.1, 0.15) is 5.56 Å². The lowest BCUT2D eigenvalue weighted by Crippen LogP contribution is -2.41. The van der Waals surface area contributed by atoms with E-state index in [2.05, 4.69) is 19.0 Å². The first-order valence-electron chi connectivity index (χ1n) is 18.6. The number of oxime groups is 1. The third kappa shape index (κ3) is 9.81. The molecule has 0 spiro atoms. The van der Waals surface area contributed by atoms with Gasteiger partial charge in [0.2, 0.25) is 5.75 Å². The van der Waals surface area contributed by atoms with Gasteiger partial charge >= 0.3 is 0 Å². The number of benzene rings is 3. The highest BCUT2D eigenvalue weighted by atomic mass is 32.2. The number of nitrogens with zero attached hydrogens (tertiary/aromatic N) is 3. The lowest BCUT2D eigenvalue weighted by Gasteiger charge is -2.31. The van der Waals surface area contributed by atoms with Gasteiger partial charge in [-0.2, -0.15) is 0 Å². The van der Waals surface area contributed by atoms with E-state index in [4.69, 9.17) is 38.0 Å². The first-order valence-corrected chi connectivity index (χ1v) is 20.7. The van der Waals surface area contributed by atoms with Crippen LogP contribution >= 0.6 is 23.5 Å². The molecule has 2 atom stereocenters. The molecule has 3 aromatic rings. The molecule has 1 fully saturated rings. The van der Waals surface area contributed by atoms with Crippen molar-refractivity contribution in [3.8, 4) is 40.2 Å². The Morgan fingerprint density at radius 1 is 0.857 bits per heavy atom. The van der Waals surface area contributed by atoms with E-state index in [0.717, 1.165) is 41.2 Å². The van der Waals surface area contributed by atoms with Gasteiger partial charge in [-0.15, -0.1) is 23.5 Å². The van der Waals surface area contributed by atoms with Crippen LogP contribution in [0.2, 0.25) is 0 Å². The van der Waals surface area contributed by atoms with Crippen LogP contribution in [-0.2, 0) is 4.84 Å². The summed E-state index contributed by atoms with van der Waals surface area (Å²) in [6.07, 6.45) is 3.09. The minimum atomic E-state index is -0.532. The second-order valence-corrected chi connectivity index (χ2v) is 16.0. The van der Waals surface area contributed by atoms with Crippen LogP contribution in [0.3, 0.4) is 0 Å². The maximum Gasteiger partial charge on any atom is 0.286 e. The highest BCUT2D eigenvalue weighted by Crippen LogP contribution is 2.42. The van der Waals surface area contributed by atoms with E-state index in [9.17, 15) is 14.9 Å². The van der Waals surface area contributed by atoms with Crippen molar-refractivity contribution in [1.82, 2.24) is 4.90 Å². The number of carbonyl (C=O) groups is 1. The SMILES string of the molecule is CCSC(SCC)[C@@H]1CCCN1C(=O)c1cc(OC)c(OCCCCOc2cc(C3CC(c4cc(OC)c(OC)c(OC)c4)=NO3)ccc2OC)cc1[N+](=O)[O-]. The number of nitro benzene ring substituents is 1. The Labute approximate surface area is 336 Å². The van der Waals surface area contributed by atoms with Crippen LogP contribution in [0.25, 0.3) is 0 Å². The Morgan fingerprint density at radius 3 is 2.05 bits per heavy atom. The number of nitro groups is 1. The summed E-state index contributed by atoms with van der Waals surface area (Å²) in [6, 6.07) is 12.0. The van der Waals surface area contributed by atoms with Crippen molar-refractivity contribution in [1.29, 1.82) is 0 Å². The molecule has 56 heavy (non-hydrogen) atoms. The van der Waals surface area contributed by atoms with Gasteiger partial charge in [0.05, 0.1) is 76.1 Å². The summed E-state index contributed by atoms with van der Waals surface area (Å²) in [6.45, 7) is 5.37. The van der Waals surface area contributed by atoms with Crippen LogP contribution in [0.1, 0.15) is 73.5 Å². The molecule has 1 saturated heterocycles. The van der Waals surface area contributed by atoms with Gasteiger partial charge in [-0.05, 0) is 67.0 Å². The number of rotatable bonds is 21. The fraction of sp³-hybridized carbons (Fsp3) is 0.500. The molecule has 0 bridgehead atoms. The minimum absolute atomic E-state index is 0.00162. The molecule has 2 aliphatic rings. The normalized spacial score (nSPS) is 16.3. The number of hydrogen-bond acceptors (Lipinski definition) is 14. The van der Waals surface area contributed by atoms with Gasteiger partial charge in [0.25, 0.3) is 11.6 Å². The zero-order valence-corrected chi connectivity index (χ0v) is 34.6. The van der Waals surface area contributed by atoms with Gasteiger partial charge in [0, 0.05) is 24.6 Å². The van der Waals surface area contributed by atoms with E-state index in [-0.39, 0.29) is 52.0 Å². The van der Waals surface area contributed by atoms with Gasteiger partial charge in [0.15, 0.2) is 40.6 Å². The fourth-order valence-electron chi connectivity index (χ4n) is 6.77. The van der Waals surface area contributed by atoms with Crippen molar-refractivity contribution in [2.75, 3.05) is 66.8 Å². The topological polar surface area (TPSA) is 150 Å². The lowest BCUT2D eigenvalue weighted by molar-refractivity contribution is -0.385. The zero-order valence-electron chi connectivity index (χ0n) is 33.0. The number of unbranched alkanes of at least 4 members (excludes halogenated alkanes) is 1. The average Bonchev–Trinajstić information content (AvgIpc) is 3.92. The quantitative estimate of drug-likeness (QED) is 0.0441. The molecule has 16 heteroatoms. The Kier molecular flexibility index (Phi) is 15.5. The molecule has 1 amide bonds. The zero-order chi connectivity index (χ0) is 40.2. The molecule has 0 N–H and O–H groups in total. The molecule has 5 rings (SSSR count). The molecular weight excluding hydrogens is 763 g/mol. The Balaban J connectivity index is 1.18. The summed E-state index contributed by atoms with van der Waals surface area (Å²) in [5.41, 5.74) is 2.09. The Hall–Kier alpha value is -4.70. The van der Waals surface area contributed by atoms with E-state index in [0.29, 0.717) is 61.2 Å². The molecule has 2 heterocycles. The second kappa shape index (κ2) is 20.5. The van der Waals surface area contributed by atoms with Crippen LogP contribution in [0.4, 0.5) is 5.69 Å². The maximum atomic E-state index is 13.9. The molecule has 0 aliphatic carbocycles. The van der Waals surface area contributed by atoms with E-state index in [1.54, 1.807) is 33.3 Å². The summed E-state index contributed by atoms with van der Waals surface area (Å²) in [7, 11) is 7.72. The Bertz CT molecular complexity index is 1830. The van der Waals surface area contributed by atoms with Crippen LogP contribution < -0.4 is 33.2 Å². The summed E-state index contributed by atoms with van der Waals surface area (Å²) >= 11 is 3.63. The van der Waals surface area contributed by atoms with Crippen molar-refractivity contribution in [3.05, 3.63) is 69.3 Å². The predicted octanol–water partition coefficient (Wildman–Crippen LogP) is 8.18. The summed E-state index contributed by atoms with van der Waals surface area (Å²) in [5, 5.41) is 16.6. The molecule has 0 radical (unpaired) electrons. The van der Waals surface area contributed by atoms with E-state index in [1.165, 1.54) is 19.2 Å². The summed E-state index contributed by atoms with van der Waals surface area (Å²) in [5.74, 6) is 4.64. The largest absolute Gasteiger partial charge is 0.493 e. The molecule has 0 saturated carbocycles. The molecule has 304 valence electrons. The molecule has 2 aliphatic heterocycles. The number of likely N-dealkylation sites (tertiary alicyclic amines) is 1. The third-order valence-corrected chi connectivity index (χ3v) is 12.3. The standard InChI is InChI=1S/C40H51N3O11S2/c1-8-55-40(56-9-2)29-13-12-16-42(29)39(44)27-22-33(48-4)35(24-30(27)43(45)46)53-18-11-10-17-52-34-19-25(14-15-31(34)47-3)32-23-28(41-54-32)26-20-36(49-5)38(51-7)37(21-26)50-6/h14-15,19-22,24,29,32,40H,8-13,16-18,23H2,1-7H3/t29-,32?/m0/s1. The lowest BCUT2D eigenvalue weighted by atomic mass is 9.99. The smallest absolute Gasteiger partial charge is 0.286 e. The second-order valence-electron chi connectivity index (χ2n) is 12.8. The van der Waals surface area contributed by atoms with Gasteiger partial charge in [-0.25, -0.2) is 0 Å². The van der Waals surface area contributed by atoms with Crippen molar-refractivity contribution in [2.24, 2.45) is 5.16 Å².